The molecule has 1 aromatic carbocycles. The average Bonchev–Trinajstić information content (AvgIpc) is 2.63. The zero-order valence-corrected chi connectivity index (χ0v) is 14.9. The average molecular weight is 349 g/mol. The van der Waals surface area contributed by atoms with Crippen LogP contribution in [-0.2, 0) is 14.3 Å². The summed E-state index contributed by atoms with van der Waals surface area (Å²) in [5.74, 6) is -1.07. The standard InChI is InChI=1S/C19H27NO5/c1-3-16(13-4-6-15(24-2)7-5-13)18(21)20-12-17(19(22)23)14-8-10-25-11-9-14/h4-7,14,16-17H,3,8-12H2,1-2H3,(H,20,21)(H,22,23). The first-order chi connectivity index (χ1) is 12.1. The van der Waals surface area contributed by atoms with Gasteiger partial charge in [-0.05, 0) is 42.9 Å². The topological polar surface area (TPSA) is 84.9 Å². The largest absolute Gasteiger partial charge is 0.497 e. The number of rotatable bonds is 8. The molecule has 1 heterocycles. The molecule has 0 aliphatic carbocycles. The smallest absolute Gasteiger partial charge is 0.308 e. The molecule has 138 valence electrons. The molecule has 0 bridgehead atoms. The number of carboxylic acid groups (broad SMARTS) is 1. The second kappa shape index (κ2) is 9.42. The second-order valence-corrected chi connectivity index (χ2v) is 6.37. The lowest BCUT2D eigenvalue weighted by Gasteiger charge is -2.28. The number of hydrogen-bond donors (Lipinski definition) is 2. The molecule has 1 saturated heterocycles. The Morgan fingerprint density at radius 3 is 2.44 bits per heavy atom. The fourth-order valence-corrected chi connectivity index (χ4v) is 3.32. The van der Waals surface area contributed by atoms with E-state index in [1.807, 2.05) is 31.2 Å². The lowest BCUT2D eigenvalue weighted by molar-refractivity contribution is -0.145. The maximum absolute atomic E-state index is 12.6. The van der Waals surface area contributed by atoms with Crippen LogP contribution in [-0.4, -0.2) is 43.9 Å². The second-order valence-electron chi connectivity index (χ2n) is 6.37. The first kappa shape index (κ1) is 19.2. The molecule has 0 radical (unpaired) electrons. The van der Waals surface area contributed by atoms with Crippen LogP contribution in [0, 0.1) is 11.8 Å². The summed E-state index contributed by atoms with van der Waals surface area (Å²) in [5, 5.41) is 12.4. The van der Waals surface area contributed by atoms with E-state index < -0.39 is 11.9 Å². The molecule has 1 aliphatic heterocycles. The molecule has 0 spiro atoms. The number of aliphatic carboxylic acids is 1. The third kappa shape index (κ3) is 5.19. The lowest BCUT2D eigenvalue weighted by atomic mass is 9.85. The van der Waals surface area contributed by atoms with E-state index in [1.165, 1.54) is 0 Å². The Labute approximate surface area is 148 Å². The van der Waals surface area contributed by atoms with Gasteiger partial charge in [-0.25, -0.2) is 0 Å². The molecule has 2 atom stereocenters. The van der Waals surface area contributed by atoms with Crippen LogP contribution in [0.2, 0.25) is 0 Å². The minimum absolute atomic E-state index is 0.0487. The fraction of sp³-hybridized carbons (Fsp3) is 0.579. The molecular formula is C19H27NO5. The highest BCUT2D eigenvalue weighted by molar-refractivity contribution is 5.84. The van der Waals surface area contributed by atoms with Gasteiger partial charge < -0.3 is 19.9 Å². The minimum Gasteiger partial charge on any atom is -0.497 e. The molecular weight excluding hydrogens is 322 g/mol. The summed E-state index contributed by atoms with van der Waals surface area (Å²) in [7, 11) is 1.60. The molecule has 2 unspecified atom stereocenters. The van der Waals surface area contributed by atoms with E-state index >= 15 is 0 Å². The molecule has 1 amide bonds. The predicted octanol–water partition coefficient (Wildman–Crippen LogP) is 2.43. The number of methoxy groups -OCH3 is 1. The number of carbonyl (C=O) groups is 2. The highest BCUT2D eigenvalue weighted by Gasteiger charge is 2.30. The van der Waals surface area contributed by atoms with Gasteiger partial charge in [0.2, 0.25) is 5.91 Å². The summed E-state index contributed by atoms with van der Waals surface area (Å²) in [5.41, 5.74) is 0.902. The summed E-state index contributed by atoms with van der Waals surface area (Å²) in [6, 6.07) is 7.40. The number of amides is 1. The van der Waals surface area contributed by atoms with Gasteiger partial charge in [0.15, 0.2) is 0 Å². The maximum atomic E-state index is 12.6. The van der Waals surface area contributed by atoms with Crippen molar-refractivity contribution in [2.75, 3.05) is 26.9 Å². The number of benzene rings is 1. The Morgan fingerprint density at radius 2 is 1.92 bits per heavy atom. The summed E-state index contributed by atoms with van der Waals surface area (Å²) in [4.78, 5) is 24.2. The highest BCUT2D eigenvalue weighted by atomic mass is 16.5. The third-order valence-corrected chi connectivity index (χ3v) is 4.89. The van der Waals surface area contributed by atoms with Crippen LogP contribution in [0.4, 0.5) is 0 Å². The maximum Gasteiger partial charge on any atom is 0.308 e. The number of hydrogen-bond acceptors (Lipinski definition) is 4. The molecule has 1 fully saturated rings. The van der Waals surface area contributed by atoms with Gasteiger partial charge in [0.05, 0.1) is 18.9 Å². The summed E-state index contributed by atoms with van der Waals surface area (Å²) in [6.07, 6.45) is 2.10. The lowest BCUT2D eigenvalue weighted by Crippen LogP contribution is -2.40. The minimum atomic E-state index is -0.857. The Balaban J connectivity index is 1.98. The van der Waals surface area contributed by atoms with Crippen LogP contribution >= 0.6 is 0 Å². The molecule has 2 N–H and O–H groups in total. The van der Waals surface area contributed by atoms with E-state index in [4.69, 9.17) is 9.47 Å². The summed E-state index contributed by atoms with van der Waals surface area (Å²) >= 11 is 0. The number of carbonyl (C=O) groups excluding carboxylic acids is 1. The molecule has 25 heavy (non-hydrogen) atoms. The molecule has 6 nitrogen and oxygen atoms in total. The highest BCUT2D eigenvalue weighted by Crippen LogP contribution is 2.25. The number of nitrogens with one attached hydrogen (secondary N) is 1. The Hall–Kier alpha value is -2.08. The third-order valence-electron chi connectivity index (χ3n) is 4.89. The van der Waals surface area contributed by atoms with E-state index in [1.54, 1.807) is 7.11 Å². The van der Waals surface area contributed by atoms with Crippen LogP contribution in [0.1, 0.15) is 37.7 Å². The van der Waals surface area contributed by atoms with Crippen LogP contribution < -0.4 is 10.1 Å². The van der Waals surface area contributed by atoms with Crippen molar-refractivity contribution in [3.63, 3.8) is 0 Å². The van der Waals surface area contributed by atoms with Crippen LogP contribution in [0.25, 0.3) is 0 Å². The number of ether oxygens (including phenoxy) is 2. The Morgan fingerprint density at radius 1 is 1.28 bits per heavy atom. The molecule has 0 aromatic heterocycles. The zero-order valence-electron chi connectivity index (χ0n) is 14.9. The quantitative estimate of drug-likeness (QED) is 0.753. The number of carboxylic acids is 1. The fourth-order valence-electron chi connectivity index (χ4n) is 3.32. The first-order valence-electron chi connectivity index (χ1n) is 8.79. The summed E-state index contributed by atoms with van der Waals surface area (Å²) in [6.45, 7) is 3.28. The normalized spacial score (nSPS) is 17.5. The summed E-state index contributed by atoms with van der Waals surface area (Å²) < 4.78 is 10.4. The van der Waals surface area contributed by atoms with E-state index in [9.17, 15) is 14.7 Å². The van der Waals surface area contributed by atoms with Crippen LogP contribution in [0.15, 0.2) is 24.3 Å². The monoisotopic (exact) mass is 349 g/mol. The van der Waals surface area contributed by atoms with Gasteiger partial charge in [-0.1, -0.05) is 19.1 Å². The van der Waals surface area contributed by atoms with Crippen LogP contribution in [0.3, 0.4) is 0 Å². The zero-order chi connectivity index (χ0) is 18.2. The van der Waals surface area contributed by atoms with Crippen molar-refractivity contribution in [2.45, 2.75) is 32.1 Å². The molecule has 6 heteroatoms. The van der Waals surface area contributed by atoms with Gasteiger partial charge in [0.1, 0.15) is 5.75 Å². The van der Waals surface area contributed by atoms with Gasteiger partial charge in [0, 0.05) is 19.8 Å². The van der Waals surface area contributed by atoms with Crippen molar-refractivity contribution in [2.24, 2.45) is 11.8 Å². The molecule has 0 saturated carbocycles. The van der Waals surface area contributed by atoms with Crippen molar-refractivity contribution in [1.29, 1.82) is 0 Å². The van der Waals surface area contributed by atoms with E-state index in [2.05, 4.69) is 5.32 Å². The predicted molar refractivity (Wildman–Crippen MR) is 93.7 cm³/mol. The van der Waals surface area contributed by atoms with Crippen molar-refractivity contribution in [3.05, 3.63) is 29.8 Å². The van der Waals surface area contributed by atoms with E-state index in [-0.39, 0.29) is 24.3 Å². The van der Waals surface area contributed by atoms with Crippen LogP contribution in [0.5, 0.6) is 5.75 Å². The SMILES string of the molecule is CCC(C(=O)NCC(C(=O)O)C1CCOCC1)c1ccc(OC)cc1. The van der Waals surface area contributed by atoms with Gasteiger partial charge in [-0.2, -0.15) is 0 Å². The van der Waals surface area contributed by atoms with Crippen molar-refractivity contribution < 1.29 is 24.2 Å². The van der Waals surface area contributed by atoms with Gasteiger partial charge in [-0.15, -0.1) is 0 Å². The molecule has 1 aliphatic rings. The van der Waals surface area contributed by atoms with Crippen molar-refractivity contribution >= 4 is 11.9 Å². The van der Waals surface area contributed by atoms with Crippen molar-refractivity contribution in [3.8, 4) is 5.75 Å². The van der Waals surface area contributed by atoms with Crippen molar-refractivity contribution in [1.82, 2.24) is 5.32 Å². The Kier molecular flexibility index (Phi) is 7.25. The molecule has 1 aromatic rings. The van der Waals surface area contributed by atoms with Gasteiger partial charge >= 0.3 is 5.97 Å². The van der Waals surface area contributed by atoms with E-state index in [0.29, 0.717) is 19.6 Å². The molecule has 2 rings (SSSR count). The van der Waals surface area contributed by atoms with Gasteiger partial charge in [-0.3, -0.25) is 9.59 Å². The first-order valence-corrected chi connectivity index (χ1v) is 8.79. The van der Waals surface area contributed by atoms with Gasteiger partial charge in [0.25, 0.3) is 0 Å². The Bertz CT molecular complexity index is 566. The van der Waals surface area contributed by atoms with E-state index in [0.717, 1.165) is 24.2 Å².